The molecule has 0 unspecified atom stereocenters. The first-order chi connectivity index (χ1) is 19.5. The Balaban J connectivity index is 1.26. The fourth-order valence-electron chi connectivity index (χ4n) is 5.38. The molecule has 1 aliphatic heterocycles. The summed E-state index contributed by atoms with van der Waals surface area (Å²) in [6, 6.07) is 16.3. The molecular formula is C31H28N6O2S. The molecule has 7 rings (SSSR count). The predicted octanol–water partition coefficient (Wildman–Crippen LogP) is 6.54. The number of ketones is 1. The van der Waals surface area contributed by atoms with Gasteiger partial charge in [-0.3, -0.25) is 19.9 Å². The van der Waals surface area contributed by atoms with Crippen molar-refractivity contribution in [1.29, 1.82) is 0 Å². The van der Waals surface area contributed by atoms with Crippen molar-refractivity contribution in [2.24, 2.45) is 0 Å². The molecule has 0 bridgehead atoms. The summed E-state index contributed by atoms with van der Waals surface area (Å²) in [4.78, 5) is 26.4. The molecule has 0 amide bonds. The maximum Gasteiger partial charge on any atom is 0.169 e. The molecule has 6 heterocycles. The molecule has 40 heavy (non-hydrogen) atoms. The van der Waals surface area contributed by atoms with Crippen LogP contribution in [0.3, 0.4) is 0 Å². The smallest absolute Gasteiger partial charge is 0.169 e. The van der Waals surface area contributed by atoms with E-state index in [1.165, 1.54) is 11.3 Å². The third-order valence-electron chi connectivity index (χ3n) is 7.37. The number of ether oxygens (including phenoxy) is 1. The summed E-state index contributed by atoms with van der Waals surface area (Å²) >= 11 is 1.46. The molecule has 1 aliphatic rings. The van der Waals surface area contributed by atoms with Crippen LogP contribution in [-0.2, 0) is 0 Å². The van der Waals surface area contributed by atoms with E-state index in [2.05, 4.69) is 62.7 Å². The number of benzene rings is 1. The number of aromatic amines is 2. The zero-order valence-corrected chi connectivity index (χ0v) is 23.1. The largest absolute Gasteiger partial charge is 0.490 e. The molecule has 1 aromatic carbocycles. The van der Waals surface area contributed by atoms with Gasteiger partial charge in [-0.15, -0.1) is 11.3 Å². The van der Waals surface area contributed by atoms with Gasteiger partial charge in [0.15, 0.2) is 5.78 Å². The molecule has 3 N–H and O–H groups in total. The summed E-state index contributed by atoms with van der Waals surface area (Å²) in [6.07, 6.45) is 5.88. The lowest BCUT2D eigenvalue weighted by Gasteiger charge is -2.24. The van der Waals surface area contributed by atoms with Crippen molar-refractivity contribution in [2.75, 3.05) is 13.1 Å². The van der Waals surface area contributed by atoms with Crippen LogP contribution in [0.15, 0.2) is 60.9 Å². The normalized spacial score (nSPS) is 14.2. The van der Waals surface area contributed by atoms with Crippen LogP contribution < -0.4 is 10.1 Å². The summed E-state index contributed by atoms with van der Waals surface area (Å²) in [7, 11) is 0. The van der Waals surface area contributed by atoms with Crippen molar-refractivity contribution in [3.05, 3.63) is 71.4 Å². The van der Waals surface area contributed by atoms with E-state index in [9.17, 15) is 4.79 Å². The quantitative estimate of drug-likeness (QED) is 0.204. The lowest BCUT2D eigenvalue weighted by molar-refractivity contribution is 0.102. The number of hydrogen-bond donors (Lipinski definition) is 3. The molecule has 200 valence electrons. The van der Waals surface area contributed by atoms with E-state index < -0.39 is 0 Å². The van der Waals surface area contributed by atoms with Crippen LogP contribution in [0.4, 0.5) is 0 Å². The minimum absolute atomic E-state index is 0.0594. The Labute approximate surface area is 234 Å². The first-order valence-electron chi connectivity index (χ1n) is 13.4. The number of piperidine rings is 1. The van der Waals surface area contributed by atoms with Crippen LogP contribution in [0.5, 0.6) is 5.75 Å². The van der Waals surface area contributed by atoms with Crippen LogP contribution in [0, 0.1) is 6.92 Å². The number of carbonyl (C=O) groups excluding carboxylic acids is 1. The molecule has 8 nitrogen and oxygen atoms in total. The van der Waals surface area contributed by atoms with E-state index in [1.807, 2.05) is 24.4 Å². The summed E-state index contributed by atoms with van der Waals surface area (Å²) in [5.41, 5.74) is 7.38. The van der Waals surface area contributed by atoms with E-state index in [1.54, 1.807) is 13.1 Å². The molecule has 1 fully saturated rings. The average Bonchev–Trinajstić information content (AvgIpc) is 3.71. The Kier molecular flexibility index (Phi) is 6.17. The van der Waals surface area contributed by atoms with Gasteiger partial charge in [0.25, 0.3) is 0 Å². The van der Waals surface area contributed by atoms with Crippen molar-refractivity contribution in [3.63, 3.8) is 0 Å². The van der Waals surface area contributed by atoms with Crippen LogP contribution in [0.1, 0.15) is 35.0 Å². The van der Waals surface area contributed by atoms with Crippen molar-refractivity contribution in [3.8, 4) is 39.0 Å². The molecule has 5 aromatic heterocycles. The Morgan fingerprint density at radius 2 is 1.82 bits per heavy atom. The average molecular weight is 549 g/mol. The first kappa shape index (κ1) is 24.7. The third-order valence-corrected chi connectivity index (χ3v) is 8.57. The number of Topliss-reactive ketones (excluding diaryl/α,β-unsaturated/α-hetero) is 1. The van der Waals surface area contributed by atoms with E-state index in [4.69, 9.17) is 9.72 Å². The van der Waals surface area contributed by atoms with Gasteiger partial charge in [-0.2, -0.15) is 5.10 Å². The van der Waals surface area contributed by atoms with E-state index in [0.717, 1.165) is 97.1 Å². The molecule has 0 radical (unpaired) electrons. The van der Waals surface area contributed by atoms with Gasteiger partial charge >= 0.3 is 0 Å². The Morgan fingerprint density at radius 3 is 2.65 bits per heavy atom. The molecule has 0 spiro atoms. The number of pyridine rings is 2. The number of nitrogens with zero attached hydrogens (tertiary/aromatic N) is 3. The highest BCUT2D eigenvalue weighted by molar-refractivity contribution is 7.17. The number of aromatic nitrogens is 5. The first-order valence-corrected chi connectivity index (χ1v) is 14.3. The molecule has 1 saturated heterocycles. The van der Waals surface area contributed by atoms with Crippen LogP contribution in [-0.4, -0.2) is 50.1 Å². The molecule has 6 aromatic rings. The summed E-state index contributed by atoms with van der Waals surface area (Å²) in [5, 5.41) is 13.1. The lowest BCUT2D eigenvalue weighted by Crippen LogP contribution is -2.34. The Morgan fingerprint density at radius 1 is 0.975 bits per heavy atom. The number of fused-ring (bicyclic) bond motifs is 2. The molecule has 0 atom stereocenters. The number of thiophene rings is 1. The highest BCUT2D eigenvalue weighted by Gasteiger charge is 2.18. The Bertz CT molecular complexity index is 1880. The van der Waals surface area contributed by atoms with Crippen LogP contribution >= 0.6 is 11.3 Å². The molecular weight excluding hydrogens is 520 g/mol. The van der Waals surface area contributed by atoms with E-state index in [0.29, 0.717) is 0 Å². The number of rotatable bonds is 6. The van der Waals surface area contributed by atoms with Crippen molar-refractivity contribution in [1.82, 2.24) is 30.5 Å². The van der Waals surface area contributed by atoms with Crippen molar-refractivity contribution >= 4 is 38.9 Å². The fraction of sp³-hybridized carbons (Fsp3) is 0.226. The van der Waals surface area contributed by atoms with Gasteiger partial charge in [0, 0.05) is 28.0 Å². The monoisotopic (exact) mass is 548 g/mol. The topological polar surface area (TPSA) is 109 Å². The lowest BCUT2D eigenvalue weighted by atomic mass is 10.0. The highest BCUT2D eigenvalue weighted by atomic mass is 32.1. The van der Waals surface area contributed by atoms with Crippen molar-refractivity contribution < 1.29 is 9.53 Å². The second kappa shape index (κ2) is 10.0. The number of H-pyrrole nitrogens is 2. The standard InChI is InChI=1S/C31H28N6O2S/c1-17-11-19(13-21(12-17)39-20-5-8-32-9-6-20)25-14-23-27(16-34-25)36-37-30(23)26-15-22-24(35-26)7-10-33-31(22)29-4-3-28(40-29)18(2)38/h3-4,7,10-16,20,32,35H,5-6,8-9H2,1-2H3,(H,36,37). The summed E-state index contributed by atoms with van der Waals surface area (Å²) in [5.74, 6) is 0.942. The fourth-order valence-corrected chi connectivity index (χ4v) is 6.29. The van der Waals surface area contributed by atoms with Gasteiger partial charge in [-0.05, 0) is 93.9 Å². The molecule has 9 heteroatoms. The number of aryl methyl sites for hydroxylation is 1. The summed E-state index contributed by atoms with van der Waals surface area (Å²) < 4.78 is 6.34. The molecule has 0 aliphatic carbocycles. The van der Waals surface area contributed by atoms with Crippen LogP contribution in [0.25, 0.3) is 55.0 Å². The zero-order valence-electron chi connectivity index (χ0n) is 22.2. The van der Waals surface area contributed by atoms with E-state index in [-0.39, 0.29) is 11.9 Å². The minimum Gasteiger partial charge on any atom is -0.490 e. The van der Waals surface area contributed by atoms with Gasteiger partial charge in [-0.25, -0.2) is 0 Å². The number of carbonyl (C=O) groups is 1. The summed E-state index contributed by atoms with van der Waals surface area (Å²) in [6.45, 7) is 5.65. The second-order valence-electron chi connectivity index (χ2n) is 10.3. The van der Waals surface area contributed by atoms with Gasteiger partial charge < -0.3 is 15.0 Å². The predicted molar refractivity (Wildman–Crippen MR) is 159 cm³/mol. The van der Waals surface area contributed by atoms with Gasteiger partial charge in [0.05, 0.1) is 38.5 Å². The SMILES string of the molecule is CC(=O)c1ccc(-c2nccc3[nH]c(-c4n[nH]c5cnc(-c6cc(C)cc(OC7CCNCC7)c6)cc45)cc23)s1. The maximum atomic E-state index is 11.9. The van der Waals surface area contributed by atoms with Gasteiger partial charge in [-0.1, -0.05) is 0 Å². The number of nitrogens with one attached hydrogen (secondary N) is 3. The van der Waals surface area contributed by atoms with Crippen LogP contribution in [0.2, 0.25) is 0 Å². The minimum atomic E-state index is 0.0594. The third kappa shape index (κ3) is 4.57. The van der Waals surface area contributed by atoms with Gasteiger partial charge in [0.1, 0.15) is 17.5 Å². The van der Waals surface area contributed by atoms with E-state index >= 15 is 0 Å². The van der Waals surface area contributed by atoms with Crippen molar-refractivity contribution in [2.45, 2.75) is 32.8 Å². The second-order valence-corrected chi connectivity index (χ2v) is 11.4. The van der Waals surface area contributed by atoms with Gasteiger partial charge in [0.2, 0.25) is 0 Å². The number of hydrogen-bond acceptors (Lipinski definition) is 7. The zero-order chi connectivity index (χ0) is 27.2. The highest BCUT2D eigenvalue weighted by Crippen LogP contribution is 2.36. The Hall–Kier alpha value is -4.34. The maximum absolute atomic E-state index is 11.9. The molecule has 0 saturated carbocycles.